The van der Waals surface area contributed by atoms with Gasteiger partial charge in [-0.1, -0.05) is 17.0 Å². The molecule has 19 heavy (non-hydrogen) atoms. The molecule has 0 bridgehead atoms. The highest BCUT2D eigenvalue weighted by molar-refractivity contribution is 7.98. The number of furan rings is 1. The maximum absolute atomic E-state index is 12.0. The topological polar surface area (TPSA) is 55.9 Å². The lowest BCUT2D eigenvalue weighted by atomic mass is 10.4. The zero-order valence-electron chi connectivity index (χ0n) is 10.1. The summed E-state index contributed by atoms with van der Waals surface area (Å²) in [5.41, 5.74) is 0. The average Bonchev–Trinajstić information content (AvgIpc) is 3.04. The van der Waals surface area contributed by atoms with E-state index in [0.717, 1.165) is 18.8 Å². The van der Waals surface area contributed by atoms with Crippen LogP contribution in [0.15, 0.2) is 28.9 Å². The van der Waals surface area contributed by atoms with Gasteiger partial charge in [0, 0.05) is 12.7 Å². The highest BCUT2D eigenvalue weighted by Crippen LogP contribution is 2.21. The summed E-state index contributed by atoms with van der Waals surface area (Å²) in [4.78, 5) is 0. The van der Waals surface area contributed by atoms with Crippen LogP contribution in [0.1, 0.15) is 11.5 Å². The number of nitrogens with one attached hydrogen (secondary N) is 1. The Morgan fingerprint density at radius 1 is 1.37 bits per heavy atom. The summed E-state index contributed by atoms with van der Waals surface area (Å²) in [7, 11) is 0. The maximum atomic E-state index is 12.0. The molecule has 1 N–H and O–H groups in total. The van der Waals surface area contributed by atoms with Crippen LogP contribution in [-0.2, 0) is 18.8 Å². The first-order valence-corrected chi connectivity index (χ1v) is 6.81. The van der Waals surface area contributed by atoms with Gasteiger partial charge in [-0.15, -0.1) is 5.10 Å². The summed E-state index contributed by atoms with van der Waals surface area (Å²) in [6.45, 7) is 2.01. The van der Waals surface area contributed by atoms with E-state index in [0.29, 0.717) is 24.1 Å². The molecule has 0 aliphatic heterocycles. The molecule has 0 amide bonds. The summed E-state index contributed by atoms with van der Waals surface area (Å²) in [6.07, 6.45) is 3.41. The van der Waals surface area contributed by atoms with Crippen LogP contribution in [0, 0.1) is 0 Å². The number of alkyl halides is 2. The van der Waals surface area contributed by atoms with E-state index >= 15 is 0 Å². The number of hydrogen-bond donors (Lipinski definition) is 1. The van der Waals surface area contributed by atoms with Gasteiger partial charge in [-0.05, 0) is 12.1 Å². The Morgan fingerprint density at radius 3 is 2.95 bits per heavy atom. The molecule has 0 spiro atoms. The summed E-state index contributed by atoms with van der Waals surface area (Å²) in [5.74, 6) is -0.868. The van der Waals surface area contributed by atoms with Gasteiger partial charge in [-0.2, -0.15) is 8.78 Å². The minimum Gasteiger partial charge on any atom is -0.464 e. The van der Waals surface area contributed by atoms with Crippen molar-refractivity contribution in [2.24, 2.45) is 0 Å². The summed E-state index contributed by atoms with van der Waals surface area (Å²) >= 11 is 0.558. The smallest absolute Gasteiger partial charge is 0.284 e. The Balaban J connectivity index is 1.65. The first kappa shape index (κ1) is 14.0. The van der Waals surface area contributed by atoms with E-state index in [2.05, 4.69) is 15.6 Å². The molecule has 5 nitrogen and oxygen atoms in total. The minimum atomic E-state index is -2.37. The van der Waals surface area contributed by atoms with Crippen LogP contribution >= 0.6 is 11.8 Å². The van der Waals surface area contributed by atoms with E-state index in [1.165, 1.54) is 0 Å². The third-order valence-electron chi connectivity index (χ3n) is 2.36. The van der Waals surface area contributed by atoms with Crippen molar-refractivity contribution in [1.29, 1.82) is 0 Å². The molecule has 0 aliphatic rings. The van der Waals surface area contributed by atoms with Crippen molar-refractivity contribution in [3.8, 4) is 0 Å². The molecule has 2 aromatic heterocycles. The molecule has 8 heteroatoms. The van der Waals surface area contributed by atoms with Crippen LogP contribution in [-0.4, -0.2) is 27.3 Å². The Labute approximate surface area is 113 Å². The van der Waals surface area contributed by atoms with E-state index < -0.39 is 5.76 Å². The molecule has 2 aromatic rings. The van der Waals surface area contributed by atoms with Crippen molar-refractivity contribution in [3.63, 3.8) is 0 Å². The lowest BCUT2D eigenvalue weighted by molar-refractivity contribution is 0.251. The molecule has 0 aliphatic carbocycles. The number of rotatable bonds is 8. The van der Waals surface area contributed by atoms with Crippen LogP contribution in [0.25, 0.3) is 0 Å². The predicted molar refractivity (Wildman–Crippen MR) is 67.7 cm³/mol. The Bertz CT molecular complexity index is 475. The molecule has 2 heterocycles. The number of hydrogen-bond acceptors (Lipinski definition) is 5. The molecule has 0 fully saturated rings. The molecule has 0 saturated carbocycles. The summed E-state index contributed by atoms with van der Waals surface area (Å²) in [6, 6.07) is 3.52. The van der Waals surface area contributed by atoms with Crippen molar-refractivity contribution in [3.05, 3.63) is 36.0 Å². The van der Waals surface area contributed by atoms with E-state index in [4.69, 9.17) is 4.42 Å². The second-order valence-corrected chi connectivity index (χ2v) is 4.76. The lowest BCUT2D eigenvalue weighted by Gasteiger charge is -2.02. The summed E-state index contributed by atoms with van der Waals surface area (Å²) in [5, 5.41) is 10.7. The van der Waals surface area contributed by atoms with Crippen LogP contribution in [0.2, 0.25) is 0 Å². The van der Waals surface area contributed by atoms with Gasteiger partial charge < -0.3 is 9.73 Å². The van der Waals surface area contributed by atoms with E-state index in [-0.39, 0.29) is 5.75 Å². The highest BCUT2D eigenvalue weighted by atomic mass is 32.2. The van der Waals surface area contributed by atoms with Gasteiger partial charge in [-0.3, -0.25) is 4.68 Å². The second kappa shape index (κ2) is 7.25. The first-order valence-electron chi connectivity index (χ1n) is 5.76. The predicted octanol–water partition coefficient (Wildman–Crippen LogP) is 2.12. The van der Waals surface area contributed by atoms with Gasteiger partial charge >= 0.3 is 0 Å². The fraction of sp³-hybridized carbons (Fsp3) is 0.455. The fourth-order valence-corrected chi connectivity index (χ4v) is 1.94. The van der Waals surface area contributed by atoms with Crippen LogP contribution in [0.5, 0.6) is 0 Å². The average molecular weight is 288 g/mol. The largest absolute Gasteiger partial charge is 0.464 e. The zero-order valence-corrected chi connectivity index (χ0v) is 10.9. The quantitative estimate of drug-likeness (QED) is 0.754. The maximum Gasteiger partial charge on any atom is 0.284 e. The first-order chi connectivity index (χ1) is 9.24. The zero-order chi connectivity index (χ0) is 13.5. The van der Waals surface area contributed by atoms with Crippen LogP contribution < -0.4 is 5.32 Å². The Morgan fingerprint density at radius 2 is 2.21 bits per heavy atom. The van der Waals surface area contributed by atoms with E-state index in [1.54, 1.807) is 29.2 Å². The number of aromatic nitrogens is 3. The summed E-state index contributed by atoms with van der Waals surface area (Å²) < 4.78 is 31.2. The van der Waals surface area contributed by atoms with Gasteiger partial charge in [0.1, 0.15) is 11.5 Å². The van der Waals surface area contributed by atoms with E-state index in [1.807, 2.05) is 0 Å². The number of thioether (sulfide) groups is 1. The Kier molecular flexibility index (Phi) is 5.34. The molecule has 0 unspecified atom stereocenters. The minimum absolute atomic E-state index is 0.191. The monoisotopic (exact) mass is 288 g/mol. The molecule has 0 radical (unpaired) electrons. The molecule has 0 aromatic carbocycles. The van der Waals surface area contributed by atoms with Crippen molar-refractivity contribution >= 4 is 11.8 Å². The normalized spacial score (nSPS) is 11.3. The third-order valence-corrected chi connectivity index (χ3v) is 3.06. The van der Waals surface area contributed by atoms with Crippen molar-refractivity contribution < 1.29 is 13.2 Å². The van der Waals surface area contributed by atoms with Crippen LogP contribution in [0.4, 0.5) is 8.78 Å². The number of nitrogens with zero attached hydrogens (tertiary/aromatic N) is 3. The standard InChI is InChI=1S/C11H14F2N4OS/c12-11(13)19-8-10-2-1-9(18-10)7-14-3-5-17-6-4-15-16-17/h1-2,4,6,11,14H,3,5,7-8H2. The third kappa shape index (κ3) is 4.99. The van der Waals surface area contributed by atoms with Gasteiger partial charge in [0.05, 0.1) is 25.0 Å². The van der Waals surface area contributed by atoms with Gasteiger partial charge in [-0.25, -0.2) is 0 Å². The lowest BCUT2D eigenvalue weighted by Crippen LogP contribution is -2.19. The molecular weight excluding hydrogens is 274 g/mol. The van der Waals surface area contributed by atoms with Crippen LogP contribution in [0.3, 0.4) is 0 Å². The van der Waals surface area contributed by atoms with Crippen molar-refractivity contribution in [1.82, 2.24) is 20.3 Å². The molecular formula is C11H14F2N4OS. The van der Waals surface area contributed by atoms with E-state index in [9.17, 15) is 8.78 Å². The SMILES string of the molecule is FC(F)SCc1ccc(CNCCn2ccnn2)o1. The molecule has 0 saturated heterocycles. The van der Waals surface area contributed by atoms with Crippen molar-refractivity contribution in [2.45, 2.75) is 24.6 Å². The van der Waals surface area contributed by atoms with Crippen molar-refractivity contribution in [2.75, 3.05) is 6.54 Å². The molecule has 2 rings (SSSR count). The second-order valence-electron chi connectivity index (χ2n) is 3.78. The van der Waals surface area contributed by atoms with Gasteiger partial charge in [0.15, 0.2) is 0 Å². The molecule has 0 atom stereocenters. The Hall–Kier alpha value is -1.41. The van der Waals surface area contributed by atoms with Gasteiger partial charge in [0.2, 0.25) is 0 Å². The number of halogens is 2. The van der Waals surface area contributed by atoms with Gasteiger partial charge in [0.25, 0.3) is 5.76 Å². The fourth-order valence-electron chi connectivity index (χ4n) is 1.50. The molecule has 104 valence electrons. The highest BCUT2D eigenvalue weighted by Gasteiger charge is 2.07.